The van der Waals surface area contributed by atoms with Crippen molar-refractivity contribution in [3.8, 4) is 5.75 Å². The Bertz CT molecular complexity index is 543. The van der Waals surface area contributed by atoms with Crippen LogP contribution in [0.2, 0.25) is 0 Å². The van der Waals surface area contributed by atoms with Gasteiger partial charge in [-0.3, -0.25) is 4.79 Å². The van der Waals surface area contributed by atoms with Crippen LogP contribution in [0.5, 0.6) is 5.75 Å². The van der Waals surface area contributed by atoms with Crippen LogP contribution in [0.4, 0.5) is 0 Å². The fourth-order valence-corrected chi connectivity index (χ4v) is 2.80. The Morgan fingerprint density at radius 1 is 1.12 bits per heavy atom. The number of pyridine rings is 1. The Kier molecular flexibility index (Phi) is 12.0. The van der Waals surface area contributed by atoms with Crippen LogP contribution >= 0.6 is 0 Å². The molecule has 146 valence electrons. The summed E-state index contributed by atoms with van der Waals surface area (Å²) >= 11 is 0. The normalized spacial score (nSPS) is 11.1. The lowest BCUT2D eigenvalue weighted by atomic mass is 10.1. The van der Waals surface area contributed by atoms with Crippen molar-refractivity contribution < 1.29 is 19.4 Å². The SMILES string of the molecule is CCCCCCCCCCCCOc1ccc[n+]([O-])c1C=CCC(=O)O. The summed E-state index contributed by atoms with van der Waals surface area (Å²) in [4.78, 5) is 10.6. The summed E-state index contributed by atoms with van der Waals surface area (Å²) in [6.07, 6.45) is 16.9. The summed E-state index contributed by atoms with van der Waals surface area (Å²) in [5, 5.41) is 20.5. The summed E-state index contributed by atoms with van der Waals surface area (Å²) in [7, 11) is 0. The molecule has 5 heteroatoms. The number of hydrogen-bond donors (Lipinski definition) is 1. The molecule has 0 aliphatic rings. The van der Waals surface area contributed by atoms with Crippen LogP contribution < -0.4 is 9.47 Å². The van der Waals surface area contributed by atoms with E-state index in [0.717, 1.165) is 12.8 Å². The van der Waals surface area contributed by atoms with Crippen LogP contribution in [-0.2, 0) is 4.79 Å². The van der Waals surface area contributed by atoms with Crippen molar-refractivity contribution in [1.29, 1.82) is 0 Å². The van der Waals surface area contributed by atoms with Gasteiger partial charge in [-0.25, -0.2) is 0 Å². The number of aromatic nitrogens is 1. The highest BCUT2D eigenvalue weighted by atomic mass is 16.5. The number of unbranched alkanes of at least 4 members (excludes halogenated alkanes) is 9. The van der Waals surface area contributed by atoms with Gasteiger partial charge in [-0.05, 0) is 12.5 Å². The Hall–Kier alpha value is -2.04. The molecule has 0 aliphatic carbocycles. The highest BCUT2D eigenvalue weighted by molar-refractivity contribution is 5.70. The molecule has 0 atom stereocenters. The van der Waals surface area contributed by atoms with E-state index in [2.05, 4.69) is 6.92 Å². The number of carboxylic acids is 1. The van der Waals surface area contributed by atoms with Gasteiger partial charge >= 0.3 is 5.97 Å². The lowest BCUT2D eigenvalue weighted by Crippen LogP contribution is -2.29. The number of rotatable bonds is 15. The average molecular weight is 363 g/mol. The second-order valence-electron chi connectivity index (χ2n) is 6.61. The minimum atomic E-state index is -0.928. The van der Waals surface area contributed by atoms with Gasteiger partial charge in [0.25, 0.3) is 5.69 Å². The van der Waals surface area contributed by atoms with Crippen molar-refractivity contribution in [2.24, 2.45) is 0 Å². The van der Waals surface area contributed by atoms with E-state index in [4.69, 9.17) is 9.84 Å². The van der Waals surface area contributed by atoms with Crippen molar-refractivity contribution in [3.63, 3.8) is 0 Å². The van der Waals surface area contributed by atoms with E-state index in [1.165, 1.54) is 69.7 Å². The number of aliphatic carboxylic acids is 1. The number of hydrogen-bond acceptors (Lipinski definition) is 3. The second kappa shape index (κ2) is 14.2. The maximum atomic E-state index is 11.9. The lowest BCUT2D eigenvalue weighted by Gasteiger charge is -2.09. The van der Waals surface area contributed by atoms with Crippen LogP contribution in [0.25, 0.3) is 6.08 Å². The predicted molar refractivity (Wildman–Crippen MR) is 104 cm³/mol. The number of ether oxygens (including phenoxy) is 1. The van der Waals surface area contributed by atoms with Gasteiger partial charge in [-0.1, -0.05) is 70.8 Å². The molecule has 5 nitrogen and oxygen atoms in total. The van der Waals surface area contributed by atoms with Crippen molar-refractivity contribution >= 4 is 12.0 Å². The first-order valence-corrected chi connectivity index (χ1v) is 9.88. The smallest absolute Gasteiger partial charge is 0.307 e. The minimum Gasteiger partial charge on any atom is -0.618 e. The maximum Gasteiger partial charge on any atom is 0.307 e. The predicted octanol–water partition coefficient (Wildman–Crippen LogP) is 5.11. The molecule has 1 rings (SSSR count). The number of nitrogens with zero attached hydrogens (tertiary/aromatic N) is 1. The van der Waals surface area contributed by atoms with Crippen molar-refractivity contribution in [3.05, 3.63) is 35.3 Å². The molecule has 0 bridgehead atoms. The topological polar surface area (TPSA) is 73.5 Å². The molecule has 1 N–H and O–H groups in total. The van der Waals surface area contributed by atoms with E-state index in [1.807, 2.05) is 0 Å². The fraction of sp³-hybridized carbons (Fsp3) is 0.619. The lowest BCUT2D eigenvalue weighted by molar-refractivity contribution is -0.607. The molecule has 0 unspecified atom stereocenters. The average Bonchev–Trinajstić information content (AvgIpc) is 2.61. The molecule has 1 aromatic rings. The van der Waals surface area contributed by atoms with Crippen LogP contribution in [0.3, 0.4) is 0 Å². The molecule has 0 spiro atoms. The van der Waals surface area contributed by atoms with E-state index in [0.29, 0.717) is 22.8 Å². The molecular formula is C21H33NO4. The van der Waals surface area contributed by atoms with E-state index >= 15 is 0 Å². The van der Waals surface area contributed by atoms with Gasteiger partial charge in [-0.2, -0.15) is 4.73 Å². The molecule has 0 radical (unpaired) electrons. The first-order chi connectivity index (χ1) is 12.6. The molecule has 1 aromatic heterocycles. The largest absolute Gasteiger partial charge is 0.618 e. The molecular weight excluding hydrogens is 330 g/mol. The Balaban J connectivity index is 2.22. The van der Waals surface area contributed by atoms with Crippen LogP contribution in [0.15, 0.2) is 24.4 Å². The van der Waals surface area contributed by atoms with Gasteiger partial charge in [0.15, 0.2) is 11.9 Å². The highest BCUT2D eigenvalue weighted by Crippen LogP contribution is 2.17. The molecule has 1 heterocycles. The fourth-order valence-electron chi connectivity index (χ4n) is 2.80. The standard InChI is InChI=1S/C21H33NO4/c1-2-3-4-5-6-7-8-9-10-11-18-26-20-15-13-17-22(25)19(20)14-12-16-21(23)24/h12-15,17H,2-11,16,18H2,1H3,(H,23,24). The summed E-state index contributed by atoms with van der Waals surface area (Å²) in [6, 6.07) is 3.38. The third kappa shape index (κ3) is 10.1. The van der Waals surface area contributed by atoms with Crippen molar-refractivity contribution in [1.82, 2.24) is 0 Å². The van der Waals surface area contributed by atoms with E-state index in [9.17, 15) is 10.0 Å². The zero-order valence-electron chi connectivity index (χ0n) is 16.0. The van der Waals surface area contributed by atoms with E-state index < -0.39 is 5.97 Å². The van der Waals surface area contributed by atoms with Gasteiger partial charge in [0.1, 0.15) is 0 Å². The summed E-state index contributed by atoms with van der Waals surface area (Å²) in [6.45, 7) is 2.81. The van der Waals surface area contributed by atoms with Gasteiger partial charge in [0.05, 0.1) is 13.0 Å². The number of carbonyl (C=O) groups is 1. The van der Waals surface area contributed by atoms with Gasteiger partial charge < -0.3 is 15.1 Å². The zero-order chi connectivity index (χ0) is 19.0. The van der Waals surface area contributed by atoms with E-state index in [-0.39, 0.29) is 6.42 Å². The monoisotopic (exact) mass is 363 g/mol. The molecule has 0 saturated heterocycles. The van der Waals surface area contributed by atoms with Gasteiger partial charge in [-0.15, -0.1) is 0 Å². The Morgan fingerprint density at radius 3 is 2.35 bits per heavy atom. The first-order valence-electron chi connectivity index (χ1n) is 9.88. The minimum absolute atomic E-state index is 0.118. The van der Waals surface area contributed by atoms with Crippen molar-refractivity contribution in [2.45, 2.75) is 77.6 Å². The van der Waals surface area contributed by atoms with Crippen LogP contribution in [-0.4, -0.2) is 17.7 Å². The van der Waals surface area contributed by atoms with Crippen LogP contribution in [0, 0.1) is 5.21 Å². The van der Waals surface area contributed by atoms with Gasteiger partial charge in [0.2, 0.25) is 0 Å². The maximum absolute atomic E-state index is 11.9. The Morgan fingerprint density at radius 2 is 1.73 bits per heavy atom. The third-order valence-corrected chi connectivity index (χ3v) is 4.28. The second-order valence-corrected chi connectivity index (χ2v) is 6.61. The quantitative estimate of drug-likeness (QED) is 0.267. The van der Waals surface area contributed by atoms with Crippen LogP contribution in [0.1, 0.15) is 83.2 Å². The first kappa shape index (κ1) is 22.0. The summed E-state index contributed by atoms with van der Waals surface area (Å²) < 4.78 is 6.43. The molecule has 0 aromatic carbocycles. The van der Waals surface area contributed by atoms with E-state index in [1.54, 1.807) is 12.1 Å². The molecule has 0 aliphatic heterocycles. The summed E-state index contributed by atoms with van der Waals surface area (Å²) in [5.41, 5.74) is 0.348. The summed E-state index contributed by atoms with van der Waals surface area (Å²) in [5.74, 6) is -0.428. The molecule has 0 amide bonds. The van der Waals surface area contributed by atoms with Crippen molar-refractivity contribution in [2.75, 3.05) is 6.61 Å². The Labute approximate surface area is 157 Å². The number of carboxylic acid groups (broad SMARTS) is 1. The zero-order valence-corrected chi connectivity index (χ0v) is 16.0. The third-order valence-electron chi connectivity index (χ3n) is 4.28. The highest BCUT2D eigenvalue weighted by Gasteiger charge is 2.10. The van der Waals surface area contributed by atoms with Gasteiger partial charge in [0, 0.05) is 12.1 Å². The molecule has 0 saturated carbocycles. The molecule has 0 fully saturated rings. The molecule has 26 heavy (non-hydrogen) atoms.